The first kappa shape index (κ1) is 7.17. The van der Waals surface area contributed by atoms with Gasteiger partial charge in [-0.1, -0.05) is 29.3 Å². The summed E-state index contributed by atoms with van der Waals surface area (Å²) in [5.74, 6) is 0. The molecule has 0 unspecified atom stereocenters. The van der Waals surface area contributed by atoms with Gasteiger partial charge in [0.15, 0.2) is 0 Å². The second-order valence-electron chi connectivity index (χ2n) is 2.14. The molecule has 0 atom stereocenters. The van der Waals surface area contributed by atoms with Gasteiger partial charge in [-0.3, -0.25) is 0 Å². The molecule has 0 fully saturated rings. The third-order valence-corrected chi connectivity index (χ3v) is 2.40. The van der Waals surface area contributed by atoms with Crippen molar-refractivity contribution in [2.75, 3.05) is 0 Å². The van der Waals surface area contributed by atoms with Crippen LogP contribution in [0.3, 0.4) is 0 Å². The van der Waals surface area contributed by atoms with Gasteiger partial charge in [-0.15, -0.1) is 0 Å². The van der Waals surface area contributed by atoms with Crippen LogP contribution < -0.4 is 0 Å². The summed E-state index contributed by atoms with van der Waals surface area (Å²) in [6.07, 6.45) is 4.03. The average molecular weight is 163 g/mol. The largest absolute Gasteiger partial charge is 0.0875 e. The maximum absolute atomic E-state index is 5.80. The van der Waals surface area contributed by atoms with Gasteiger partial charge in [0.2, 0.25) is 0 Å². The molecule has 2 heteroatoms. The van der Waals surface area contributed by atoms with Gasteiger partial charge in [0.1, 0.15) is 0 Å². The zero-order valence-corrected chi connectivity index (χ0v) is 6.76. The fourth-order valence-electron chi connectivity index (χ4n) is 0.829. The van der Waals surface area contributed by atoms with Crippen LogP contribution >= 0.6 is 23.2 Å². The molecule has 0 heterocycles. The van der Waals surface area contributed by atoms with Crippen LogP contribution in [0.25, 0.3) is 0 Å². The molecule has 0 saturated heterocycles. The van der Waals surface area contributed by atoms with E-state index in [1.165, 1.54) is 0 Å². The van der Waals surface area contributed by atoms with E-state index in [2.05, 4.69) is 6.08 Å². The highest BCUT2D eigenvalue weighted by molar-refractivity contribution is 6.40. The number of rotatable bonds is 0. The summed E-state index contributed by atoms with van der Waals surface area (Å²) in [5.41, 5.74) is 1.10. The van der Waals surface area contributed by atoms with Gasteiger partial charge in [0, 0.05) is 5.03 Å². The predicted octanol–water partition coefficient (Wildman–Crippen LogP) is 3.42. The third-order valence-electron chi connectivity index (χ3n) is 1.40. The molecule has 0 radical (unpaired) electrons. The van der Waals surface area contributed by atoms with E-state index in [0.717, 1.165) is 28.5 Å². The second kappa shape index (κ2) is 2.76. The first-order valence-electron chi connectivity index (χ1n) is 2.93. The van der Waals surface area contributed by atoms with Crippen molar-refractivity contribution in [3.05, 3.63) is 21.7 Å². The Hall–Kier alpha value is 0.0600. The summed E-state index contributed by atoms with van der Waals surface area (Å²) in [6.45, 7) is 1.98. The van der Waals surface area contributed by atoms with Crippen molar-refractivity contribution in [3.63, 3.8) is 0 Å². The van der Waals surface area contributed by atoms with Crippen molar-refractivity contribution in [2.45, 2.75) is 19.8 Å². The van der Waals surface area contributed by atoms with Crippen LogP contribution in [0.4, 0.5) is 0 Å². The van der Waals surface area contributed by atoms with Crippen molar-refractivity contribution < 1.29 is 0 Å². The van der Waals surface area contributed by atoms with Crippen LogP contribution in [-0.4, -0.2) is 0 Å². The minimum absolute atomic E-state index is 0.739. The van der Waals surface area contributed by atoms with Crippen molar-refractivity contribution in [1.29, 1.82) is 0 Å². The quantitative estimate of drug-likeness (QED) is 0.513. The molecule has 0 spiro atoms. The molecule has 0 aliphatic heterocycles. The van der Waals surface area contributed by atoms with E-state index >= 15 is 0 Å². The van der Waals surface area contributed by atoms with E-state index in [-0.39, 0.29) is 0 Å². The third kappa shape index (κ3) is 1.50. The highest BCUT2D eigenvalue weighted by Crippen LogP contribution is 2.29. The van der Waals surface area contributed by atoms with Gasteiger partial charge in [-0.2, -0.15) is 0 Å². The van der Waals surface area contributed by atoms with Crippen molar-refractivity contribution >= 4 is 23.2 Å². The summed E-state index contributed by atoms with van der Waals surface area (Å²) in [7, 11) is 0. The molecule has 0 N–H and O–H groups in total. The lowest BCUT2D eigenvalue weighted by Gasteiger charge is -2.08. The molecule has 0 saturated carbocycles. The predicted molar refractivity (Wildman–Crippen MR) is 41.7 cm³/mol. The molecule has 0 bridgehead atoms. The minimum Gasteiger partial charge on any atom is -0.0875 e. The summed E-state index contributed by atoms with van der Waals surface area (Å²) in [4.78, 5) is 0. The molecule has 0 amide bonds. The van der Waals surface area contributed by atoms with Gasteiger partial charge in [0.05, 0.1) is 5.03 Å². The molecule has 1 aliphatic rings. The Morgan fingerprint density at radius 3 is 2.56 bits per heavy atom. The number of hydrogen-bond acceptors (Lipinski definition) is 0. The van der Waals surface area contributed by atoms with E-state index in [1.54, 1.807) is 0 Å². The molecular formula is C7H8Cl2. The zero-order chi connectivity index (χ0) is 6.85. The number of allylic oxidation sites excluding steroid dienone is 4. The van der Waals surface area contributed by atoms with Crippen molar-refractivity contribution in [1.82, 2.24) is 0 Å². The lowest BCUT2D eigenvalue weighted by atomic mass is 10.1. The standard InChI is InChI=1S/C7H8Cl2/c1-5-3-2-4-6(8)7(5)9/h3H,2,4H2,1H3. The number of hydrogen-bond donors (Lipinski definition) is 0. The van der Waals surface area contributed by atoms with Crippen LogP contribution in [0, 0.1) is 0 Å². The maximum Gasteiger partial charge on any atom is 0.0577 e. The molecule has 0 aromatic rings. The zero-order valence-electron chi connectivity index (χ0n) is 5.25. The summed E-state index contributed by atoms with van der Waals surface area (Å²) < 4.78 is 0. The van der Waals surface area contributed by atoms with Gasteiger partial charge < -0.3 is 0 Å². The normalized spacial score (nSPS) is 20.1. The Morgan fingerprint density at radius 2 is 2.11 bits per heavy atom. The maximum atomic E-state index is 5.80. The topological polar surface area (TPSA) is 0 Å². The molecule has 0 aromatic heterocycles. The Bertz CT molecular complexity index is 177. The summed E-state index contributed by atoms with van der Waals surface area (Å²) in [5, 5.41) is 1.54. The Morgan fingerprint density at radius 1 is 1.44 bits per heavy atom. The molecule has 1 rings (SSSR count). The van der Waals surface area contributed by atoms with Gasteiger partial charge in [0.25, 0.3) is 0 Å². The van der Waals surface area contributed by atoms with E-state index in [9.17, 15) is 0 Å². The first-order valence-corrected chi connectivity index (χ1v) is 3.68. The van der Waals surface area contributed by atoms with Crippen molar-refractivity contribution in [3.8, 4) is 0 Å². The van der Waals surface area contributed by atoms with E-state index in [4.69, 9.17) is 23.2 Å². The summed E-state index contributed by atoms with van der Waals surface area (Å²) >= 11 is 11.6. The van der Waals surface area contributed by atoms with Crippen LogP contribution in [0.15, 0.2) is 21.7 Å². The van der Waals surface area contributed by atoms with Crippen LogP contribution in [0.2, 0.25) is 0 Å². The monoisotopic (exact) mass is 162 g/mol. The molecule has 0 aromatic carbocycles. The second-order valence-corrected chi connectivity index (χ2v) is 2.98. The summed E-state index contributed by atoms with van der Waals surface area (Å²) in [6, 6.07) is 0. The molecule has 9 heavy (non-hydrogen) atoms. The fraction of sp³-hybridized carbons (Fsp3) is 0.429. The number of halogens is 2. The van der Waals surface area contributed by atoms with Gasteiger partial charge >= 0.3 is 0 Å². The fourth-order valence-corrected chi connectivity index (χ4v) is 1.26. The van der Waals surface area contributed by atoms with Crippen LogP contribution in [0.5, 0.6) is 0 Å². The molecule has 50 valence electrons. The Balaban J connectivity index is 2.88. The lowest BCUT2D eigenvalue weighted by molar-refractivity contribution is 0.991. The lowest BCUT2D eigenvalue weighted by Crippen LogP contribution is -1.88. The van der Waals surface area contributed by atoms with E-state index in [0.29, 0.717) is 0 Å². The van der Waals surface area contributed by atoms with Gasteiger partial charge in [-0.05, 0) is 25.3 Å². The van der Waals surface area contributed by atoms with Crippen molar-refractivity contribution in [2.24, 2.45) is 0 Å². The van der Waals surface area contributed by atoms with Crippen LogP contribution in [-0.2, 0) is 0 Å². The smallest absolute Gasteiger partial charge is 0.0577 e. The minimum atomic E-state index is 0.739. The highest BCUT2D eigenvalue weighted by atomic mass is 35.5. The molecule has 1 aliphatic carbocycles. The Labute approximate surface area is 65.2 Å². The Kier molecular flexibility index (Phi) is 2.20. The highest BCUT2D eigenvalue weighted by Gasteiger charge is 2.07. The van der Waals surface area contributed by atoms with E-state index < -0.39 is 0 Å². The van der Waals surface area contributed by atoms with Crippen LogP contribution in [0.1, 0.15) is 19.8 Å². The molecular weight excluding hydrogens is 155 g/mol. The SMILES string of the molecule is CC1=CCCC(Cl)=C1Cl. The molecule has 0 nitrogen and oxygen atoms in total. The van der Waals surface area contributed by atoms with E-state index in [1.807, 2.05) is 6.92 Å². The average Bonchev–Trinajstić information content (AvgIpc) is 1.83. The first-order chi connectivity index (χ1) is 4.22. The van der Waals surface area contributed by atoms with Gasteiger partial charge in [-0.25, -0.2) is 0 Å².